The van der Waals surface area contributed by atoms with Crippen LogP contribution < -0.4 is 0 Å². The van der Waals surface area contributed by atoms with Crippen molar-refractivity contribution in [3.8, 4) is 5.75 Å². The SMILES string of the molecule is Oc1ccc2c(ccc3c4ccccc4sc23)c1. The van der Waals surface area contributed by atoms with Crippen molar-refractivity contribution in [2.75, 3.05) is 0 Å². The molecule has 0 aliphatic heterocycles. The third kappa shape index (κ3) is 1.27. The maximum Gasteiger partial charge on any atom is 0.116 e. The van der Waals surface area contributed by atoms with E-state index in [9.17, 15) is 5.11 Å². The predicted octanol–water partition coefficient (Wildman–Crippen LogP) is 4.91. The van der Waals surface area contributed by atoms with Crippen LogP contribution >= 0.6 is 11.3 Å². The Balaban J connectivity index is 2.28. The summed E-state index contributed by atoms with van der Waals surface area (Å²) in [6.45, 7) is 0. The van der Waals surface area contributed by atoms with Gasteiger partial charge in [-0.3, -0.25) is 0 Å². The summed E-state index contributed by atoms with van der Waals surface area (Å²) in [5, 5.41) is 14.5. The van der Waals surface area contributed by atoms with E-state index in [1.807, 2.05) is 23.5 Å². The number of benzene rings is 3. The van der Waals surface area contributed by atoms with E-state index >= 15 is 0 Å². The zero-order valence-electron chi connectivity index (χ0n) is 9.55. The van der Waals surface area contributed by atoms with Gasteiger partial charge in [0, 0.05) is 20.2 Å². The second-order valence-corrected chi connectivity index (χ2v) is 5.50. The third-order valence-corrected chi connectivity index (χ3v) is 4.56. The lowest BCUT2D eigenvalue weighted by atomic mass is 10.1. The Morgan fingerprint density at radius 1 is 0.778 bits per heavy atom. The lowest BCUT2D eigenvalue weighted by molar-refractivity contribution is 0.476. The molecular formula is C16H10OS. The molecule has 0 amide bonds. The number of phenols is 1. The topological polar surface area (TPSA) is 20.2 Å². The van der Waals surface area contributed by atoms with Crippen LogP contribution in [-0.4, -0.2) is 5.11 Å². The van der Waals surface area contributed by atoms with Crippen molar-refractivity contribution in [1.82, 2.24) is 0 Å². The van der Waals surface area contributed by atoms with Gasteiger partial charge >= 0.3 is 0 Å². The Morgan fingerprint density at radius 3 is 2.56 bits per heavy atom. The van der Waals surface area contributed by atoms with Crippen LogP contribution in [0, 0.1) is 0 Å². The molecule has 0 unspecified atom stereocenters. The van der Waals surface area contributed by atoms with Crippen LogP contribution in [0.3, 0.4) is 0 Å². The van der Waals surface area contributed by atoms with Crippen molar-refractivity contribution in [2.24, 2.45) is 0 Å². The molecule has 1 N–H and O–H groups in total. The highest BCUT2D eigenvalue weighted by atomic mass is 32.1. The highest BCUT2D eigenvalue weighted by molar-refractivity contribution is 7.26. The fourth-order valence-corrected chi connectivity index (χ4v) is 3.74. The van der Waals surface area contributed by atoms with Gasteiger partial charge in [0.15, 0.2) is 0 Å². The Morgan fingerprint density at radius 2 is 1.61 bits per heavy atom. The van der Waals surface area contributed by atoms with Crippen LogP contribution in [0.4, 0.5) is 0 Å². The molecule has 0 aliphatic rings. The molecule has 3 aromatic carbocycles. The first-order valence-corrected chi connectivity index (χ1v) is 6.67. The van der Waals surface area contributed by atoms with Crippen LogP contribution in [0.2, 0.25) is 0 Å². The smallest absolute Gasteiger partial charge is 0.116 e. The Labute approximate surface area is 108 Å². The molecular weight excluding hydrogens is 240 g/mol. The molecule has 0 spiro atoms. The summed E-state index contributed by atoms with van der Waals surface area (Å²) in [5.41, 5.74) is 0. The summed E-state index contributed by atoms with van der Waals surface area (Å²) in [7, 11) is 0. The van der Waals surface area contributed by atoms with Crippen molar-refractivity contribution < 1.29 is 5.11 Å². The quantitative estimate of drug-likeness (QED) is 0.470. The number of thiophene rings is 1. The van der Waals surface area contributed by atoms with Gasteiger partial charge in [0.05, 0.1) is 0 Å². The highest BCUT2D eigenvalue weighted by Crippen LogP contribution is 2.38. The first-order valence-electron chi connectivity index (χ1n) is 5.86. The summed E-state index contributed by atoms with van der Waals surface area (Å²) in [6.07, 6.45) is 0. The molecule has 1 nitrogen and oxygen atoms in total. The molecule has 86 valence electrons. The minimum Gasteiger partial charge on any atom is -0.508 e. The zero-order chi connectivity index (χ0) is 12.1. The molecule has 0 fully saturated rings. The Bertz CT molecular complexity index is 889. The van der Waals surface area contributed by atoms with Crippen LogP contribution in [0.15, 0.2) is 54.6 Å². The maximum absolute atomic E-state index is 9.55. The van der Waals surface area contributed by atoms with Gasteiger partial charge in [0.2, 0.25) is 0 Å². The first kappa shape index (κ1) is 9.92. The average Bonchev–Trinajstić information content (AvgIpc) is 2.77. The molecule has 0 atom stereocenters. The average molecular weight is 250 g/mol. The normalized spacial score (nSPS) is 11.6. The van der Waals surface area contributed by atoms with Gasteiger partial charge in [-0.25, -0.2) is 0 Å². The van der Waals surface area contributed by atoms with E-state index in [1.54, 1.807) is 6.07 Å². The largest absolute Gasteiger partial charge is 0.508 e. The van der Waals surface area contributed by atoms with E-state index < -0.39 is 0 Å². The van der Waals surface area contributed by atoms with E-state index in [0.29, 0.717) is 5.75 Å². The lowest BCUT2D eigenvalue weighted by Crippen LogP contribution is -1.73. The summed E-state index contributed by atoms with van der Waals surface area (Å²) in [5.74, 6) is 0.322. The zero-order valence-corrected chi connectivity index (χ0v) is 10.4. The van der Waals surface area contributed by atoms with Crippen molar-refractivity contribution in [3.05, 3.63) is 54.6 Å². The molecule has 4 aromatic rings. The van der Waals surface area contributed by atoms with Gasteiger partial charge in [0.1, 0.15) is 5.75 Å². The molecule has 0 bridgehead atoms. The molecule has 0 saturated heterocycles. The minimum absolute atomic E-state index is 0.322. The Hall–Kier alpha value is -2.06. The number of fused-ring (bicyclic) bond motifs is 5. The fourth-order valence-electron chi connectivity index (χ4n) is 2.50. The van der Waals surface area contributed by atoms with Crippen LogP contribution in [0.25, 0.3) is 30.9 Å². The van der Waals surface area contributed by atoms with Gasteiger partial charge in [0.25, 0.3) is 0 Å². The monoisotopic (exact) mass is 250 g/mol. The van der Waals surface area contributed by atoms with Crippen molar-refractivity contribution >= 4 is 42.3 Å². The summed E-state index contributed by atoms with van der Waals surface area (Å²) in [6, 6.07) is 18.3. The lowest BCUT2D eigenvalue weighted by Gasteiger charge is -2.00. The molecule has 0 radical (unpaired) electrons. The maximum atomic E-state index is 9.55. The van der Waals surface area contributed by atoms with Gasteiger partial charge in [-0.15, -0.1) is 11.3 Å². The van der Waals surface area contributed by atoms with Gasteiger partial charge in [-0.1, -0.05) is 30.3 Å². The summed E-state index contributed by atoms with van der Waals surface area (Å²) >= 11 is 1.82. The van der Waals surface area contributed by atoms with Gasteiger partial charge in [-0.05, 0) is 35.0 Å². The van der Waals surface area contributed by atoms with E-state index in [1.165, 1.54) is 25.6 Å². The van der Waals surface area contributed by atoms with Gasteiger partial charge < -0.3 is 5.11 Å². The Kier molecular flexibility index (Phi) is 1.91. The molecule has 0 saturated carbocycles. The highest BCUT2D eigenvalue weighted by Gasteiger charge is 2.07. The second-order valence-electron chi connectivity index (χ2n) is 4.45. The number of hydrogen-bond acceptors (Lipinski definition) is 2. The van der Waals surface area contributed by atoms with Crippen molar-refractivity contribution in [1.29, 1.82) is 0 Å². The molecule has 1 aromatic heterocycles. The second kappa shape index (κ2) is 3.47. The molecule has 1 heterocycles. The number of aromatic hydroxyl groups is 1. The number of phenolic OH excluding ortho intramolecular Hbond substituents is 1. The number of hydrogen-bond donors (Lipinski definition) is 1. The van der Waals surface area contributed by atoms with Gasteiger partial charge in [-0.2, -0.15) is 0 Å². The van der Waals surface area contributed by atoms with E-state index in [4.69, 9.17) is 0 Å². The van der Waals surface area contributed by atoms with E-state index in [0.717, 1.165) is 5.39 Å². The van der Waals surface area contributed by atoms with Crippen LogP contribution in [-0.2, 0) is 0 Å². The van der Waals surface area contributed by atoms with Crippen LogP contribution in [0.1, 0.15) is 0 Å². The first-order chi connectivity index (χ1) is 8.83. The number of rotatable bonds is 0. The van der Waals surface area contributed by atoms with Crippen molar-refractivity contribution in [2.45, 2.75) is 0 Å². The minimum atomic E-state index is 0.322. The molecule has 0 aliphatic carbocycles. The summed E-state index contributed by atoms with van der Waals surface area (Å²) < 4.78 is 2.61. The third-order valence-electron chi connectivity index (χ3n) is 3.34. The van der Waals surface area contributed by atoms with E-state index in [-0.39, 0.29) is 0 Å². The molecule has 4 rings (SSSR count). The van der Waals surface area contributed by atoms with Crippen molar-refractivity contribution in [3.63, 3.8) is 0 Å². The molecule has 2 heteroatoms. The van der Waals surface area contributed by atoms with E-state index in [2.05, 4.69) is 36.4 Å². The fraction of sp³-hybridized carbons (Fsp3) is 0. The predicted molar refractivity (Wildman–Crippen MR) is 78.5 cm³/mol. The standard InChI is InChI=1S/C16H10OS/c17-11-6-8-12-10(9-11)5-7-14-13-3-1-2-4-15(13)18-16(12)14/h1-9,17H. The summed E-state index contributed by atoms with van der Waals surface area (Å²) in [4.78, 5) is 0. The van der Waals surface area contributed by atoms with Crippen LogP contribution in [0.5, 0.6) is 5.75 Å². The molecule has 18 heavy (non-hydrogen) atoms.